The van der Waals surface area contributed by atoms with Crippen molar-refractivity contribution in [2.45, 2.75) is 135 Å². The molecule has 1 aliphatic rings. The van der Waals surface area contributed by atoms with E-state index in [0.717, 1.165) is 25.3 Å². The average Bonchev–Trinajstić information content (AvgIpc) is 2.99. The highest BCUT2D eigenvalue weighted by atomic mass is 19.3. The molecule has 0 unspecified atom stereocenters. The van der Waals surface area contributed by atoms with Crippen molar-refractivity contribution in [1.29, 1.82) is 0 Å². The van der Waals surface area contributed by atoms with Crippen LogP contribution in [-0.2, 0) is 6.42 Å². The number of benzene rings is 3. The molecule has 0 aromatic heterocycles. The molecule has 0 nitrogen and oxygen atoms in total. The van der Waals surface area contributed by atoms with Crippen LogP contribution in [0.4, 0.5) is 8.78 Å². The Morgan fingerprint density at radius 2 is 0.750 bits per heavy atom. The van der Waals surface area contributed by atoms with Gasteiger partial charge in [-0.15, -0.1) is 0 Å². The van der Waals surface area contributed by atoms with Crippen LogP contribution < -0.4 is 0 Å². The van der Waals surface area contributed by atoms with Gasteiger partial charge in [-0.2, -0.15) is 8.78 Å². The first-order valence-electron chi connectivity index (χ1n) is 16.9. The highest BCUT2D eigenvalue weighted by molar-refractivity contribution is 5.88. The Balaban J connectivity index is 1.72. The van der Waals surface area contributed by atoms with Gasteiger partial charge in [-0.3, -0.25) is 0 Å². The number of allylic oxidation sites excluding steroid dienone is 1. The van der Waals surface area contributed by atoms with E-state index in [9.17, 15) is 8.78 Å². The lowest BCUT2D eigenvalue weighted by Gasteiger charge is -2.30. The lowest BCUT2D eigenvalue weighted by Crippen LogP contribution is -2.15. The molecule has 0 spiro atoms. The van der Waals surface area contributed by atoms with E-state index >= 15 is 0 Å². The second-order valence-corrected chi connectivity index (χ2v) is 14.3. The van der Waals surface area contributed by atoms with Crippen LogP contribution in [0.3, 0.4) is 0 Å². The van der Waals surface area contributed by atoms with E-state index in [1.165, 1.54) is 119 Å². The Morgan fingerprint density at radius 1 is 0.455 bits per heavy atom. The summed E-state index contributed by atoms with van der Waals surface area (Å²) in [6, 6.07) is 0. The fourth-order valence-electron chi connectivity index (χ4n) is 8.44. The van der Waals surface area contributed by atoms with E-state index in [1.54, 1.807) is 0 Å². The molecule has 44 heavy (non-hydrogen) atoms. The van der Waals surface area contributed by atoms with Crippen LogP contribution in [0, 0.1) is 102 Å². The molecule has 0 atom stereocenters. The maximum absolute atomic E-state index is 12.6. The molecule has 1 saturated carbocycles. The summed E-state index contributed by atoms with van der Waals surface area (Å²) in [4.78, 5) is 0. The summed E-state index contributed by atoms with van der Waals surface area (Å²) < 4.78 is 25.1. The van der Waals surface area contributed by atoms with E-state index in [2.05, 4.69) is 90.0 Å². The zero-order valence-corrected chi connectivity index (χ0v) is 29.9. The van der Waals surface area contributed by atoms with Gasteiger partial charge in [-0.1, -0.05) is 12.8 Å². The van der Waals surface area contributed by atoms with Crippen LogP contribution >= 0.6 is 0 Å². The standard InChI is InChI=1S/C42H56F2/c1-22-23(2)27(6)39(28(7)24(22)3)41-31(10)33(12)42(34(13)32(41)11)40-29(8)25(4)37(26(5)30(40)9)20-18-35-14-16-36(17-15-35)19-21-38(43)44/h21,35-36H,14-20H2,1-13H3. The molecule has 0 bridgehead atoms. The first-order chi connectivity index (χ1) is 20.6. The summed E-state index contributed by atoms with van der Waals surface area (Å²) in [5, 5.41) is 0. The van der Waals surface area contributed by atoms with E-state index in [0.29, 0.717) is 18.3 Å². The lowest BCUT2D eigenvalue weighted by atomic mass is 9.75. The zero-order chi connectivity index (χ0) is 32.8. The molecule has 1 fully saturated rings. The maximum Gasteiger partial charge on any atom is 0.266 e. The first kappa shape index (κ1) is 34.1. The van der Waals surface area contributed by atoms with Gasteiger partial charge >= 0.3 is 0 Å². The molecule has 1 aliphatic carbocycles. The molecule has 0 amide bonds. The Hall–Kier alpha value is -2.74. The number of hydrogen-bond acceptors (Lipinski definition) is 0. The molecule has 3 aromatic carbocycles. The summed E-state index contributed by atoms with van der Waals surface area (Å²) in [6.07, 6.45) is 6.93. The minimum atomic E-state index is -1.53. The van der Waals surface area contributed by atoms with E-state index in [1.807, 2.05) is 0 Å². The smallest absolute Gasteiger partial charge is 0.174 e. The SMILES string of the molecule is Cc1c(C)c(C)c(-c2c(C)c(C)c(-c3c(C)c(C)c(CCC4CCC(CC=C(F)F)CC4)c(C)c3C)c(C)c2C)c(C)c1C. The fraction of sp³-hybridized carbons (Fsp3) is 0.524. The van der Waals surface area contributed by atoms with Crippen LogP contribution in [0.2, 0.25) is 0 Å². The summed E-state index contributed by atoms with van der Waals surface area (Å²) in [5.74, 6) is 1.13. The van der Waals surface area contributed by atoms with Crippen LogP contribution in [0.15, 0.2) is 12.2 Å². The minimum Gasteiger partial charge on any atom is -0.174 e. The molecule has 0 saturated heterocycles. The van der Waals surface area contributed by atoms with Crippen LogP contribution in [0.1, 0.15) is 116 Å². The Kier molecular flexibility index (Phi) is 10.3. The molecule has 3 aromatic rings. The maximum atomic E-state index is 12.6. The van der Waals surface area contributed by atoms with Crippen molar-refractivity contribution in [1.82, 2.24) is 0 Å². The molecule has 0 aliphatic heterocycles. The summed E-state index contributed by atoms with van der Waals surface area (Å²) in [7, 11) is 0. The molecule has 0 heterocycles. The third kappa shape index (κ3) is 6.08. The fourth-order valence-corrected chi connectivity index (χ4v) is 8.44. The Labute approximate surface area is 267 Å². The molecule has 2 heteroatoms. The van der Waals surface area contributed by atoms with Crippen molar-refractivity contribution >= 4 is 0 Å². The first-order valence-corrected chi connectivity index (χ1v) is 16.9. The van der Waals surface area contributed by atoms with Gasteiger partial charge in [-0.05, 0) is 240 Å². The average molecular weight is 599 g/mol. The van der Waals surface area contributed by atoms with Crippen molar-refractivity contribution < 1.29 is 8.78 Å². The van der Waals surface area contributed by atoms with Crippen LogP contribution in [0.25, 0.3) is 22.3 Å². The normalized spacial score (nSPS) is 16.9. The minimum absolute atomic E-state index is 0.427. The zero-order valence-electron chi connectivity index (χ0n) is 29.9. The van der Waals surface area contributed by atoms with Gasteiger partial charge in [0, 0.05) is 0 Å². The largest absolute Gasteiger partial charge is 0.266 e. The summed E-state index contributed by atoms with van der Waals surface area (Å²) in [5.41, 5.74) is 25.6. The van der Waals surface area contributed by atoms with Crippen LogP contribution in [-0.4, -0.2) is 0 Å². The van der Waals surface area contributed by atoms with Gasteiger partial charge in [0.2, 0.25) is 0 Å². The number of hydrogen-bond donors (Lipinski definition) is 0. The van der Waals surface area contributed by atoms with Crippen molar-refractivity contribution in [2.24, 2.45) is 11.8 Å². The van der Waals surface area contributed by atoms with Crippen LogP contribution in [0.5, 0.6) is 0 Å². The molecule has 4 rings (SSSR count). The quantitative estimate of drug-likeness (QED) is 0.254. The lowest BCUT2D eigenvalue weighted by molar-refractivity contribution is 0.262. The molecule has 0 radical (unpaired) electrons. The van der Waals surface area contributed by atoms with E-state index in [4.69, 9.17) is 0 Å². The molecule has 0 N–H and O–H groups in total. The third-order valence-electron chi connectivity index (χ3n) is 12.3. The molecule has 238 valence electrons. The monoisotopic (exact) mass is 598 g/mol. The van der Waals surface area contributed by atoms with E-state index < -0.39 is 6.08 Å². The van der Waals surface area contributed by atoms with Gasteiger partial charge in [0.25, 0.3) is 6.08 Å². The van der Waals surface area contributed by atoms with E-state index in [-0.39, 0.29) is 0 Å². The van der Waals surface area contributed by atoms with Gasteiger partial charge in [0.05, 0.1) is 0 Å². The van der Waals surface area contributed by atoms with Gasteiger partial charge in [0.1, 0.15) is 0 Å². The van der Waals surface area contributed by atoms with Crippen molar-refractivity contribution in [3.05, 3.63) is 90.0 Å². The highest BCUT2D eigenvalue weighted by Gasteiger charge is 2.26. The highest BCUT2D eigenvalue weighted by Crippen LogP contribution is 2.46. The summed E-state index contributed by atoms with van der Waals surface area (Å²) >= 11 is 0. The Morgan fingerprint density at radius 3 is 1.11 bits per heavy atom. The predicted molar refractivity (Wildman–Crippen MR) is 188 cm³/mol. The van der Waals surface area contributed by atoms with Gasteiger partial charge < -0.3 is 0 Å². The number of halogens is 2. The van der Waals surface area contributed by atoms with Crippen molar-refractivity contribution in [2.75, 3.05) is 0 Å². The second kappa shape index (κ2) is 13.3. The second-order valence-electron chi connectivity index (χ2n) is 14.3. The molecular weight excluding hydrogens is 542 g/mol. The third-order valence-corrected chi connectivity index (χ3v) is 12.3. The van der Waals surface area contributed by atoms with Crippen molar-refractivity contribution in [3.8, 4) is 22.3 Å². The molecular formula is C42H56F2. The summed E-state index contributed by atoms with van der Waals surface area (Å²) in [6.45, 7) is 30.1. The predicted octanol–water partition coefficient (Wildman–Crippen LogP) is 12.9. The Bertz CT molecular complexity index is 1530. The van der Waals surface area contributed by atoms with Gasteiger partial charge in [0.15, 0.2) is 0 Å². The van der Waals surface area contributed by atoms with Gasteiger partial charge in [-0.25, -0.2) is 0 Å². The van der Waals surface area contributed by atoms with Crippen molar-refractivity contribution in [3.63, 3.8) is 0 Å². The number of rotatable bonds is 7. The topological polar surface area (TPSA) is 0 Å².